The Morgan fingerprint density at radius 2 is 2.06 bits per heavy atom. The lowest BCUT2D eigenvalue weighted by molar-refractivity contribution is -0.722. The fourth-order valence-corrected chi connectivity index (χ4v) is 5.47. The number of thiazole rings is 1. The van der Waals surface area contributed by atoms with E-state index in [9.17, 15) is 23.1 Å². The first kappa shape index (κ1) is 20.3. The van der Waals surface area contributed by atoms with Crippen LogP contribution in [0, 0.1) is 0 Å². The van der Waals surface area contributed by atoms with Gasteiger partial charge in [-0.05, 0) is 17.7 Å². The molecule has 1 aromatic carbocycles. The van der Waals surface area contributed by atoms with Crippen LogP contribution in [0.1, 0.15) is 29.3 Å². The molecule has 1 unspecified atom stereocenters. The van der Waals surface area contributed by atoms with E-state index in [2.05, 4.69) is 4.98 Å². The van der Waals surface area contributed by atoms with Gasteiger partial charge in [-0.25, -0.2) is 9.55 Å². The Labute approximate surface area is 183 Å². The number of anilines is 1. The van der Waals surface area contributed by atoms with E-state index >= 15 is 0 Å². The summed E-state index contributed by atoms with van der Waals surface area (Å²) in [7, 11) is 0. The van der Waals surface area contributed by atoms with Crippen LogP contribution in [0.3, 0.4) is 0 Å². The average Bonchev–Trinajstić information content (AvgIpc) is 3.17. The Bertz CT molecular complexity index is 1240. The van der Waals surface area contributed by atoms with E-state index in [1.54, 1.807) is 6.20 Å². The summed E-state index contributed by atoms with van der Waals surface area (Å²) in [6.45, 7) is 1.76. The molecule has 0 fully saturated rings. The monoisotopic (exact) mass is 468 g/mol. The maximum Gasteiger partial charge on any atom is 0.416 e. The minimum atomic E-state index is -4.58. The summed E-state index contributed by atoms with van der Waals surface area (Å²) in [6, 6.07) is 3.98. The second-order valence-corrected chi connectivity index (χ2v) is 9.19. The number of alkyl halides is 3. The lowest BCUT2D eigenvalue weighted by Gasteiger charge is -2.36. The van der Waals surface area contributed by atoms with Gasteiger partial charge < -0.3 is 5.11 Å². The van der Waals surface area contributed by atoms with Gasteiger partial charge in [0.15, 0.2) is 4.47 Å². The van der Waals surface area contributed by atoms with Gasteiger partial charge >= 0.3 is 17.7 Å². The normalized spacial score (nSPS) is 18.2. The lowest BCUT2D eigenvalue weighted by atomic mass is 10.0. The van der Waals surface area contributed by atoms with Crippen LogP contribution in [0.5, 0.6) is 5.88 Å². The molecule has 2 aliphatic rings. The predicted octanol–water partition coefficient (Wildman–Crippen LogP) is 3.21. The molecule has 0 saturated carbocycles. The number of hydrogen-bond acceptors (Lipinski definition) is 5. The number of rotatable bonds is 2. The Morgan fingerprint density at radius 1 is 1.26 bits per heavy atom. The van der Waals surface area contributed by atoms with E-state index in [-0.39, 0.29) is 11.1 Å². The van der Waals surface area contributed by atoms with Crippen LogP contribution in [-0.4, -0.2) is 22.6 Å². The Morgan fingerprint density at radius 3 is 2.77 bits per heavy atom. The van der Waals surface area contributed by atoms with Crippen LogP contribution in [0.15, 0.2) is 35.3 Å². The zero-order valence-electron chi connectivity index (χ0n) is 16.0. The molecule has 0 aliphatic carbocycles. The molecule has 2 aliphatic heterocycles. The summed E-state index contributed by atoms with van der Waals surface area (Å²) in [5.41, 5.74) is -1.79. The highest BCUT2D eigenvalue weighted by Crippen LogP contribution is 2.37. The minimum Gasteiger partial charge on any atom is -0.848 e. The summed E-state index contributed by atoms with van der Waals surface area (Å²) >= 11 is 7.26. The maximum absolute atomic E-state index is 13.6. The number of benzene rings is 1. The molecule has 4 heterocycles. The molecule has 0 N–H and O–H groups in total. The van der Waals surface area contributed by atoms with Gasteiger partial charge in [0.1, 0.15) is 6.04 Å². The van der Waals surface area contributed by atoms with Crippen LogP contribution in [-0.2, 0) is 12.7 Å². The quantitative estimate of drug-likeness (QED) is 0.542. The topological polar surface area (TPSA) is 65.1 Å². The summed E-state index contributed by atoms with van der Waals surface area (Å²) in [6.07, 6.45) is -1.66. The van der Waals surface area contributed by atoms with Gasteiger partial charge in [0.05, 0.1) is 35.6 Å². The van der Waals surface area contributed by atoms with Crippen LogP contribution < -0.4 is 20.1 Å². The molecule has 6 nitrogen and oxygen atoms in total. The van der Waals surface area contributed by atoms with Gasteiger partial charge in [-0.1, -0.05) is 23.7 Å². The van der Waals surface area contributed by atoms with E-state index in [1.165, 1.54) is 32.6 Å². The highest BCUT2D eigenvalue weighted by molar-refractivity contribution is 7.15. The summed E-state index contributed by atoms with van der Waals surface area (Å²) < 4.78 is 43.2. The number of halogens is 4. The Kier molecular flexibility index (Phi) is 4.74. The number of aromatic nitrogens is 3. The van der Waals surface area contributed by atoms with Crippen molar-refractivity contribution in [1.82, 2.24) is 9.55 Å². The standard InChI is InChI=1S/C20H16ClF3N4O2S/c21-18-25-10-14(31-18)13-5-8-26-6-2-7-27-16(29)15(17(30)28(13)19(26)27)11-3-1-4-12(9-11)20(22,23)24/h1,3-4,9-10,13H,2,5-8H2. The maximum atomic E-state index is 13.6. The fraction of sp³-hybridized carbons (Fsp3) is 0.350. The number of nitrogens with zero attached hydrogens (tertiary/aromatic N) is 4. The second kappa shape index (κ2) is 7.23. The minimum absolute atomic E-state index is 0.0346. The molecule has 0 radical (unpaired) electrons. The largest absolute Gasteiger partial charge is 0.848 e. The van der Waals surface area contributed by atoms with E-state index < -0.39 is 29.2 Å². The summed E-state index contributed by atoms with van der Waals surface area (Å²) in [5, 5.41) is 13.3. The lowest BCUT2D eigenvalue weighted by Crippen LogP contribution is -2.64. The van der Waals surface area contributed by atoms with Crippen molar-refractivity contribution in [1.29, 1.82) is 0 Å². The molecule has 1 atom stereocenters. The van der Waals surface area contributed by atoms with Crippen molar-refractivity contribution in [2.75, 3.05) is 18.0 Å². The molecule has 162 valence electrons. The molecule has 2 aromatic heterocycles. The summed E-state index contributed by atoms with van der Waals surface area (Å²) in [4.78, 5) is 20.4. The molecule has 0 spiro atoms. The first-order valence-electron chi connectivity index (χ1n) is 9.69. The fourth-order valence-electron chi connectivity index (χ4n) is 4.39. The third-order valence-corrected chi connectivity index (χ3v) is 6.94. The van der Waals surface area contributed by atoms with Crippen LogP contribution >= 0.6 is 22.9 Å². The molecule has 3 aromatic rings. The zero-order valence-corrected chi connectivity index (χ0v) is 17.6. The van der Waals surface area contributed by atoms with Crippen molar-refractivity contribution in [3.05, 3.63) is 55.7 Å². The van der Waals surface area contributed by atoms with Crippen molar-refractivity contribution in [2.24, 2.45) is 0 Å². The van der Waals surface area contributed by atoms with Gasteiger partial charge in [-0.3, -0.25) is 9.69 Å². The van der Waals surface area contributed by atoms with Crippen LogP contribution in [0.25, 0.3) is 11.1 Å². The van der Waals surface area contributed by atoms with E-state index in [0.29, 0.717) is 42.9 Å². The van der Waals surface area contributed by atoms with Crippen molar-refractivity contribution in [3.8, 4) is 17.0 Å². The van der Waals surface area contributed by atoms with E-state index in [1.807, 2.05) is 4.90 Å². The molecule has 31 heavy (non-hydrogen) atoms. The van der Waals surface area contributed by atoms with Crippen molar-refractivity contribution >= 4 is 28.9 Å². The van der Waals surface area contributed by atoms with Crippen molar-refractivity contribution < 1.29 is 22.8 Å². The summed E-state index contributed by atoms with van der Waals surface area (Å²) in [5.74, 6) is -0.0685. The molecular weight excluding hydrogens is 453 g/mol. The highest BCUT2D eigenvalue weighted by Gasteiger charge is 2.41. The van der Waals surface area contributed by atoms with Crippen molar-refractivity contribution in [3.63, 3.8) is 0 Å². The van der Waals surface area contributed by atoms with E-state index in [4.69, 9.17) is 11.6 Å². The molecular formula is C20H16ClF3N4O2S. The Balaban J connectivity index is 1.78. The molecule has 0 saturated heterocycles. The smallest absolute Gasteiger partial charge is 0.416 e. The zero-order chi connectivity index (χ0) is 21.9. The number of hydrogen-bond donors (Lipinski definition) is 0. The van der Waals surface area contributed by atoms with E-state index in [0.717, 1.165) is 17.0 Å². The van der Waals surface area contributed by atoms with Gasteiger partial charge in [0, 0.05) is 24.9 Å². The molecule has 0 bridgehead atoms. The SMILES string of the molecule is O=c1c(-c2cccc(C(F)(F)F)c2)c([O-])n2c3[n+]1C(c1cnc(Cl)s1)CCN3CCC2. The average molecular weight is 469 g/mol. The first-order chi connectivity index (χ1) is 14.8. The Hall–Kier alpha value is -2.59. The van der Waals surface area contributed by atoms with Crippen LogP contribution in [0.2, 0.25) is 4.47 Å². The second-order valence-electron chi connectivity index (χ2n) is 7.55. The van der Waals surface area contributed by atoms with Gasteiger partial charge in [-0.2, -0.15) is 17.7 Å². The van der Waals surface area contributed by atoms with Crippen LogP contribution in [0.4, 0.5) is 19.1 Å². The molecule has 11 heteroatoms. The molecule has 0 amide bonds. The van der Waals surface area contributed by atoms with Gasteiger partial charge in [0.2, 0.25) is 0 Å². The third-order valence-electron chi connectivity index (χ3n) is 5.73. The van der Waals surface area contributed by atoms with Gasteiger partial charge in [0.25, 0.3) is 0 Å². The predicted molar refractivity (Wildman–Crippen MR) is 107 cm³/mol. The molecule has 5 rings (SSSR count). The first-order valence-corrected chi connectivity index (χ1v) is 10.9. The van der Waals surface area contributed by atoms with Crippen molar-refractivity contribution in [2.45, 2.75) is 31.6 Å². The van der Waals surface area contributed by atoms with Gasteiger partial charge in [-0.15, -0.1) is 11.3 Å². The third kappa shape index (κ3) is 3.28. The highest BCUT2D eigenvalue weighted by atomic mass is 35.5.